The third-order valence-electron chi connectivity index (χ3n) is 2.49. The van der Waals surface area contributed by atoms with Crippen molar-refractivity contribution in [1.29, 1.82) is 0 Å². The Labute approximate surface area is 110 Å². The fourth-order valence-corrected chi connectivity index (χ4v) is 1.73. The minimum atomic E-state index is -4.70. The largest absolute Gasteiger partial charge is 0.573 e. The van der Waals surface area contributed by atoms with E-state index >= 15 is 0 Å². The summed E-state index contributed by atoms with van der Waals surface area (Å²) in [4.78, 5) is 0. The van der Waals surface area contributed by atoms with Crippen molar-refractivity contribution in [2.24, 2.45) is 0 Å². The summed E-state index contributed by atoms with van der Waals surface area (Å²) in [5.41, 5.74) is 0.440. The molecule has 1 rings (SSSR count). The van der Waals surface area contributed by atoms with Crippen molar-refractivity contribution < 1.29 is 22.6 Å². The van der Waals surface area contributed by atoms with Crippen molar-refractivity contribution in [3.8, 4) is 5.75 Å². The summed E-state index contributed by atoms with van der Waals surface area (Å²) in [7, 11) is 1.51. The molecule has 0 aliphatic rings. The van der Waals surface area contributed by atoms with Crippen LogP contribution in [0.4, 0.5) is 13.2 Å². The van der Waals surface area contributed by atoms with E-state index in [1.165, 1.54) is 19.2 Å². The van der Waals surface area contributed by atoms with E-state index in [4.69, 9.17) is 4.74 Å². The first-order chi connectivity index (χ1) is 8.98. The van der Waals surface area contributed by atoms with E-state index in [1.54, 1.807) is 12.1 Å². The molecule has 6 heteroatoms. The molecule has 1 atom stereocenters. The standard InChI is InChI=1S/C13H18F3NO2/c1-3-8-17-11(9-18-2)10-6-4-5-7-12(10)19-13(14,15)16/h4-7,11,17H,3,8-9H2,1-2H3. The van der Waals surface area contributed by atoms with Gasteiger partial charge in [0.25, 0.3) is 0 Å². The average molecular weight is 277 g/mol. The zero-order valence-corrected chi connectivity index (χ0v) is 11.0. The van der Waals surface area contributed by atoms with Crippen LogP contribution in [-0.2, 0) is 4.74 Å². The van der Waals surface area contributed by atoms with E-state index in [-0.39, 0.29) is 18.4 Å². The third-order valence-corrected chi connectivity index (χ3v) is 2.49. The number of ether oxygens (including phenoxy) is 2. The molecule has 3 nitrogen and oxygen atoms in total. The molecule has 1 unspecified atom stereocenters. The second kappa shape index (κ2) is 7.35. The highest BCUT2D eigenvalue weighted by atomic mass is 19.4. The molecule has 1 aromatic carbocycles. The molecule has 0 radical (unpaired) electrons. The molecule has 0 saturated carbocycles. The summed E-state index contributed by atoms with van der Waals surface area (Å²) in [5.74, 6) is -0.194. The van der Waals surface area contributed by atoms with Crippen LogP contribution in [0.25, 0.3) is 0 Å². The van der Waals surface area contributed by atoms with E-state index in [9.17, 15) is 13.2 Å². The first-order valence-electron chi connectivity index (χ1n) is 6.05. The van der Waals surface area contributed by atoms with E-state index in [0.717, 1.165) is 6.42 Å². The van der Waals surface area contributed by atoms with Gasteiger partial charge in [-0.25, -0.2) is 0 Å². The van der Waals surface area contributed by atoms with Gasteiger partial charge in [-0.15, -0.1) is 13.2 Å². The summed E-state index contributed by atoms with van der Waals surface area (Å²) >= 11 is 0. The molecule has 0 amide bonds. The van der Waals surface area contributed by atoms with Gasteiger partial charge < -0.3 is 14.8 Å². The molecule has 0 aliphatic heterocycles. The van der Waals surface area contributed by atoms with Crippen molar-refractivity contribution in [2.45, 2.75) is 25.7 Å². The summed E-state index contributed by atoms with van der Waals surface area (Å²) in [6.45, 7) is 2.95. The normalized spacial score (nSPS) is 13.3. The van der Waals surface area contributed by atoms with Crippen molar-refractivity contribution >= 4 is 0 Å². The van der Waals surface area contributed by atoms with Crippen LogP contribution in [0, 0.1) is 0 Å². The molecule has 0 spiro atoms. The highest BCUT2D eigenvalue weighted by Gasteiger charge is 2.32. The van der Waals surface area contributed by atoms with E-state index in [0.29, 0.717) is 12.1 Å². The van der Waals surface area contributed by atoms with E-state index in [2.05, 4.69) is 10.1 Å². The van der Waals surface area contributed by atoms with Crippen molar-refractivity contribution in [3.05, 3.63) is 29.8 Å². The van der Waals surface area contributed by atoms with Crippen molar-refractivity contribution in [2.75, 3.05) is 20.3 Å². The lowest BCUT2D eigenvalue weighted by molar-refractivity contribution is -0.275. The minimum Gasteiger partial charge on any atom is -0.405 e. The summed E-state index contributed by atoms with van der Waals surface area (Å²) in [6, 6.07) is 5.76. The number of hydrogen-bond donors (Lipinski definition) is 1. The van der Waals surface area contributed by atoms with Crippen LogP contribution in [-0.4, -0.2) is 26.6 Å². The second-order valence-corrected chi connectivity index (χ2v) is 4.05. The molecule has 0 saturated heterocycles. The lowest BCUT2D eigenvalue weighted by Gasteiger charge is -2.21. The quantitative estimate of drug-likeness (QED) is 0.829. The molecule has 108 valence electrons. The van der Waals surface area contributed by atoms with Gasteiger partial charge in [-0.3, -0.25) is 0 Å². The summed E-state index contributed by atoms with van der Waals surface area (Å²) in [5, 5.41) is 3.14. The first-order valence-corrected chi connectivity index (χ1v) is 6.05. The molecule has 0 fully saturated rings. The Morgan fingerprint density at radius 3 is 2.53 bits per heavy atom. The Kier molecular flexibility index (Phi) is 6.11. The fourth-order valence-electron chi connectivity index (χ4n) is 1.73. The molecule has 1 aromatic rings. The molecule has 0 heterocycles. The number of benzene rings is 1. The summed E-state index contributed by atoms with van der Waals surface area (Å²) < 4.78 is 46.1. The van der Waals surface area contributed by atoms with Crippen LogP contribution in [0.1, 0.15) is 24.9 Å². The SMILES string of the molecule is CCCNC(COC)c1ccccc1OC(F)(F)F. The van der Waals surface area contributed by atoms with Gasteiger partial charge in [0.2, 0.25) is 0 Å². The zero-order valence-electron chi connectivity index (χ0n) is 11.0. The Bertz CT molecular complexity index is 382. The van der Waals surface area contributed by atoms with Gasteiger partial charge in [-0.2, -0.15) is 0 Å². The predicted octanol–water partition coefficient (Wildman–Crippen LogP) is 3.27. The van der Waals surface area contributed by atoms with Gasteiger partial charge in [0.1, 0.15) is 5.75 Å². The lowest BCUT2D eigenvalue weighted by atomic mass is 10.1. The molecule has 19 heavy (non-hydrogen) atoms. The predicted molar refractivity (Wildman–Crippen MR) is 66.0 cm³/mol. The first kappa shape index (κ1) is 15.8. The van der Waals surface area contributed by atoms with Gasteiger partial charge in [-0.1, -0.05) is 25.1 Å². The van der Waals surface area contributed by atoms with Gasteiger partial charge in [0.05, 0.1) is 12.6 Å². The number of nitrogens with one attached hydrogen (secondary N) is 1. The number of methoxy groups -OCH3 is 1. The van der Waals surface area contributed by atoms with Crippen LogP contribution in [0.3, 0.4) is 0 Å². The number of para-hydroxylation sites is 1. The Morgan fingerprint density at radius 2 is 1.95 bits per heavy atom. The Morgan fingerprint density at radius 1 is 1.26 bits per heavy atom. The van der Waals surface area contributed by atoms with Gasteiger partial charge in [0, 0.05) is 12.7 Å². The van der Waals surface area contributed by atoms with Crippen LogP contribution in [0.15, 0.2) is 24.3 Å². The molecule has 0 aliphatic carbocycles. The van der Waals surface area contributed by atoms with Gasteiger partial charge in [-0.05, 0) is 19.0 Å². The van der Waals surface area contributed by atoms with Crippen LogP contribution in [0.2, 0.25) is 0 Å². The third kappa shape index (κ3) is 5.48. The van der Waals surface area contributed by atoms with Crippen LogP contribution < -0.4 is 10.1 Å². The monoisotopic (exact) mass is 277 g/mol. The van der Waals surface area contributed by atoms with E-state index < -0.39 is 6.36 Å². The number of hydrogen-bond acceptors (Lipinski definition) is 3. The van der Waals surface area contributed by atoms with Crippen LogP contribution in [0.5, 0.6) is 5.75 Å². The number of rotatable bonds is 7. The maximum absolute atomic E-state index is 12.3. The molecule has 0 aromatic heterocycles. The highest BCUT2D eigenvalue weighted by molar-refractivity contribution is 5.36. The number of alkyl halides is 3. The molecule has 1 N–H and O–H groups in total. The molecular formula is C13H18F3NO2. The van der Waals surface area contributed by atoms with E-state index in [1.807, 2.05) is 6.92 Å². The Hall–Kier alpha value is -1.27. The van der Waals surface area contributed by atoms with Crippen molar-refractivity contribution in [1.82, 2.24) is 5.32 Å². The topological polar surface area (TPSA) is 30.5 Å². The van der Waals surface area contributed by atoms with Crippen LogP contribution >= 0.6 is 0 Å². The highest BCUT2D eigenvalue weighted by Crippen LogP contribution is 2.30. The van der Waals surface area contributed by atoms with Gasteiger partial charge in [0.15, 0.2) is 0 Å². The fraction of sp³-hybridized carbons (Fsp3) is 0.538. The second-order valence-electron chi connectivity index (χ2n) is 4.05. The van der Waals surface area contributed by atoms with Crippen molar-refractivity contribution in [3.63, 3.8) is 0 Å². The maximum Gasteiger partial charge on any atom is 0.573 e. The molecular weight excluding hydrogens is 259 g/mol. The minimum absolute atomic E-state index is 0.194. The average Bonchev–Trinajstić information content (AvgIpc) is 2.33. The smallest absolute Gasteiger partial charge is 0.405 e. The van der Waals surface area contributed by atoms with Gasteiger partial charge >= 0.3 is 6.36 Å². The maximum atomic E-state index is 12.3. The number of halogens is 3. The Balaban J connectivity index is 2.94. The summed E-state index contributed by atoms with van der Waals surface area (Å²) in [6.07, 6.45) is -3.82. The zero-order chi connectivity index (χ0) is 14.3. The molecule has 0 bridgehead atoms. The lowest BCUT2D eigenvalue weighted by Crippen LogP contribution is -2.27.